The van der Waals surface area contributed by atoms with Gasteiger partial charge in [0.2, 0.25) is 0 Å². The molecule has 7 heteroatoms. The molecule has 2 rings (SSSR count). The average molecular weight is 407 g/mol. The summed E-state index contributed by atoms with van der Waals surface area (Å²) in [6, 6.07) is 9.50. The number of nitrogens with zero attached hydrogens (tertiary/aromatic N) is 1. The van der Waals surface area contributed by atoms with Gasteiger partial charge in [0.15, 0.2) is 11.5 Å². The Kier molecular flexibility index (Phi) is 6.82. The molecule has 0 aliphatic rings. The summed E-state index contributed by atoms with van der Waals surface area (Å²) >= 11 is 3.46. The molecule has 2 aromatic carbocycles. The Hall–Kier alpha value is -2.54. The number of rotatable bonds is 7. The Bertz CT molecular complexity index is 760. The highest BCUT2D eigenvalue weighted by molar-refractivity contribution is 9.10. The molecule has 0 atom stereocenters. The lowest BCUT2D eigenvalue weighted by Crippen LogP contribution is -2.17. The molecule has 0 aliphatic heterocycles. The van der Waals surface area contributed by atoms with Crippen LogP contribution in [0.4, 0.5) is 0 Å². The van der Waals surface area contributed by atoms with E-state index >= 15 is 0 Å². The second-order valence-electron chi connectivity index (χ2n) is 5.13. The predicted molar refractivity (Wildman–Crippen MR) is 99.6 cm³/mol. The van der Waals surface area contributed by atoms with Gasteiger partial charge in [0.05, 0.1) is 24.4 Å². The van der Waals surface area contributed by atoms with Crippen molar-refractivity contribution in [3.63, 3.8) is 0 Å². The summed E-state index contributed by atoms with van der Waals surface area (Å²) in [4.78, 5) is 11.9. The lowest BCUT2D eigenvalue weighted by molar-refractivity contribution is 0.0955. The van der Waals surface area contributed by atoms with Gasteiger partial charge in [-0.05, 0) is 64.3 Å². The molecule has 0 saturated heterocycles. The minimum atomic E-state index is -0.370. The largest absolute Gasteiger partial charge is 0.508 e. The topological polar surface area (TPSA) is 80.2 Å². The maximum absolute atomic E-state index is 11.9. The summed E-state index contributed by atoms with van der Waals surface area (Å²) in [5.74, 6) is 0.941. The molecule has 2 N–H and O–H groups in total. The van der Waals surface area contributed by atoms with E-state index in [1.54, 1.807) is 13.2 Å². The molecule has 6 nitrogen and oxygen atoms in total. The predicted octanol–water partition coefficient (Wildman–Crippen LogP) is 3.72. The van der Waals surface area contributed by atoms with Gasteiger partial charge in [-0.2, -0.15) is 5.10 Å². The van der Waals surface area contributed by atoms with E-state index in [4.69, 9.17) is 9.47 Å². The Morgan fingerprint density at radius 3 is 2.68 bits per heavy atom. The van der Waals surface area contributed by atoms with E-state index in [1.165, 1.54) is 30.5 Å². The third kappa shape index (κ3) is 5.22. The van der Waals surface area contributed by atoms with Crippen molar-refractivity contribution < 1.29 is 19.4 Å². The number of halogens is 1. The zero-order valence-corrected chi connectivity index (χ0v) is 15.5. The summed E-state index contributed by atoms with van der Waals surface area (Å²) in [5, 5.41) is 13.2. The molecular weight excluding hydrogens is 388 g/mol. The number of nitrogens with one attached hydrogen (secondary N) is 1. The van der Waals surface area contributed by atoms with Crippen molar-refractivity contribution in [2.45, 2.75) is 13.3 Å². The van der Waals surface area contributed by atoms with Gasteiger partial charge in [-0.15, -0.1) is 0 Å². The molecular formula is C18H19BrN2O4. The van der Waals surface area contributed by atoms with Crippen molar-refractivity contribution in [3.05, 3.63) is 52.0 Å². The number of phenols is 1. The van der Waals surface area contributed by atoms with Crippen LogP contribution in [0.25, 0.3) is 0 Å². The van der Waals surface area contributed by atoms with Crippen molar-refractivity contribution >= 4 is 28.1 Å². The summed E-state index contributed by atoms with van der Waals surface area (Å²) in [6.07, 6.45) is 2.40. The van der Waals surface area contributed by atoms with Crippen molar-refractivity contribution in [1.82, 2.24) is 5.43 Å². The number of hydrogen-bond acceptors (Lipinski definition) is 5. The summed E-state index contributed by atoms with van der Waals surface area (Å²) in [5.41, 5.74) is 3.57. The quantitative estimate of drug-likeness (QED) is 0.542. The summed E-state index contributed by atoms with van der Waals surface area (Å²) in [7, 11) is 1.56. The first kappa shape index (κ1) is 18.8. The third-order valence-electron chi connectivity index (χ3n) is 3.21. The number of ether oxygens (including phenoxy) is 2. The molecule has 0 spiro atoms. The number of phenolic OH excluding ortho intramolecular Hbond substituents is 1. The van der Waals surface area contributed by atoms with E-state index in [0.29, 0.717) is 23.7 Å². The van der Waals surface area contributed by atoms with Crippen molar-refractivity contribution in [1.29, 1.82) is 0 Å². The Balaban J connectivity index is 2.08. The molecule has 0 aromatic heterocycles. The van der Waals surface area contributed by atoms with Crippen LogP contribution in [0.2, 0.25) is 0 Å². The number of carbonyl (C=O) groups excluding carboxylic acids is 1. The van der Waals surface area contributed by atoms with Crippen LogP contribution in [0.3, 0.4) is 0 Å². The second-order valence-corrected chi connectivity index (χ2v) is 5.98. The molecule has 0 radical (unpaired) electrons. The smallest absolute Gasteiger partial charge is 0.271 e. The zero-order valence-electron chi connectivity index (χ0n) is 14.0. The Morgan fingerprint density at radius 1 is 1.32 bits per heavy atom. The van der Waals surface area contributed by atoms with Crippen LogP contribution in [0.15, 0.2) is 46.0 Å². The molecule has 0 bridgehead atoms. The highest BCUT2D eigenvalue weighted by atomic mass is 79.9. The molecule has 132 valence electrons. The van der Waals surface area contributed by atoms with Crippen LogP contribution in [0, 0.1) is 0 Å². The van der Waals surface area contributed by atoms with E-state index in [9.17, 15) is 9.90 Å². The zero-order chi connectivity index (χ0) is 18.2. The molecule has 0 aliphatic carbocycles. The number of hydrogen-bond donors (Lipinski definition) is 2. The first-order valence-corrected chi connectivity index (χ1v) is 8.47. The van der Waals surface area contributed by atoms with Gasteiger partial charge in [-0.3, -0.25) is 4.79 Å². The van der Waals surface area contributed by atoms with Crippen molar-refractivity contribution in [2.24, 2.45) is 5.10 Å². The van der Waals surface area contributed by atoms with Gasteiger partial charge < -0.3 is 14.6 Å². The number of carbonyl (C=O) groups is 1. The van der Waals surface area contributed by atoms with Crippen LogP contribution in [0.1, 0.15) is 29.3 Å². The molecule has 0 saturated carbocycles. The normalized spacial score (nSPS) is 10.7. The first-order chi connectivity index (χ1) is 12.0. The number of amides is 1. The molecule has 1 amide bonds. The minimum Gasteiger partial charge on any atom is -0.508 e. The Morgan fingerprint density at radius 2 is 2.04 bits per heavy atom. The van der Waals surface area contributed by atoms with Crippen LogP contribution in [-0.4, -0.2) is 30.9 Å². The Labute approximate surface area is 154 Å². The number of methoxy groups -OCH3 is 1. The fourth-order valence-electron chi connectivity index (χ4n) is 2.00. The van der Waals surface area contributed by atoms with Crippen molar-refractivity contribution in [2.75, 3.05) is 13.7 Å². The maximum Gasteiger partial charge on any atom is 0.271 e. The van der Waals surface area contributed by atoms with Gasteiger partial charge >= 0.3 is 0 Å². The van der Waals surface area contributed by atoms with Gasteiger partial charge in [-0.25, -0.2) is 5.43 Å². The van der Waals surface area contributed by atoms with Crippen LogP contribution in [0.5, 0.6) is 17.2 Å². The van der Waals surface area contributed by atoms with Crippen molar-refractivity contribution in [3.8, 4) is 17.2 Å². The number of aromatic hydroxyl groups is 1. The van der Waals surface area contributed by atoms with E-state index < -0.39 is 0 Å². The highest BCUT2D eigenvalue weighted by Crippen LogP contribution is 2.36. The number of benzene rings is 2. The monoisotopic (exact) mass is 406 g/mol. The third-order valence-corrected chi connectivity index (χ3v) is 3.80. The lowest BCUT2D eigenvalue weighted by Gasteiger charge is -2.12. The van der Waals surface area contributed by atoms with E-state index in [2.05, 4.69) is 26.5 Å². The molecule has 0 fully saturated rings. The molecule has 0 unspecified atom stereocenters. The molecule has 25 heavy (non-hydrogen) atoms. The SMILES string of the molecule is CCCOc1c(Br)cc(/C=N/NC(=O)c2ccc(O)cc2)cc1OC. The molecule has 2 aromatic rings. The molecule has 0 heterocycles. The lowest BCUT2D eigenvalue weighted by atomic mass is 10.2. The van der Waals surface area contributed by atoms with E-state index in [1.807, 2.05) is 13.0 Å². The highest BCUT2D eigenvalue weighted by Gasteiger charge is 2.11. The summed E-state index contributed by atoms with van der Waals surface area (Å²) < 4.78 is 11.8. The van der Waals surface area contributed by atoms with E-state index in [0.717, 1.165) is 16.5 Å². The van der Waals surface area contributed by atoms with Gasteiger partial charge in [0.1, 0.15) is 5.75 Å². The fraction of sp³-hybridized carbons (Fsp3) is 0.222. The average Bonchev–Trinajstić information content (AvgIpc) is 2.61. The standard InChI is InChI=1S/C18H19BrN2O4/c1-3-8-25-17-15(19)9-12(10-16(17)24-2)11-20-21-18(23)13-4-6-14(22)7-5-13/h4-7,9-11,22H,3,8H2,1-2H3,(H,21,23)/b20-11+. The van der Waals surface area contributed by atoms with E-state index in [-0.39, 0.29) is 11.7 Å². The summed E-state index contributed by atoms with van der Waals surface area (Å²) in [6.45, 7) is 2.61. The second kappa shape index (κ2) is 9.08. The van der Waals surface area contributed by atoms with Gasteiger partial charge in [0, 0.05) is 5.56 Å². The van der Waals surface area contributed by atoms with Crippen LogP contribution < -0.4 is 14.9 Å². The maximum atomic E-state index is 11.9. The van der Waals surface area contributed by atoms with Crippen LogP contribution >= 0.6 is 15.9 Å². The van der Waals surface area contributed by atoms with Gasteiger partial charge in [-0.1, -0.05) is 6.92 Å². The number of hydrazone groups is 1. The first-order valence-electron chi connectivity index (χ1n) is 7.68. The van der Waals surface area contributed by atoms with Crippen LogP contribution in [-0.2, 0) is 0 Å². The minimum absolute atomic E-state index is 0.0994. The van der Waals surface area contributed by atoms with Gasteiger partial charge in [0.25, 0.3) is 5.91 Å². The fourth-order valence-corrected chi connectivity index (χ4v) is 2.58.